The lowest BCUT2D eigenvalue weighted by atomic mass is 10.1. The van der Waals surface area contributed by atoms with Crippen molar-refractivity contribution in [3.05, 3.63) is 52.5 Å². The van der Waals surface area contributed by atoms with Gasteiger partial charge in [0.25, 0.3) is 5.91 Å². The van der Waals surface area contributed by atoms with Gasteiger partial charge >= 0.3 is 0 Å². The number of amides is 2. The van der Waals surface area contributed by atoms with E-state index in [-0.39, 0.29) is 5.91 Å². The highest BCUT2D eigenvalue weighted by atomic mass is 35.5. The molecule has 0 saturated carbocycles. The summed E-state index contributed by atoms with van der Waals surface area (Å²) in [5.41, 5.74) is 2.72. The van der Waals surface area contributed by atoms with E-state index < -0.39 is 0 Å². The van der Waals surface area contributed by atoms with Gasteiger partial charge in [0.2, 0.25) is 6.41 Å². The van der Waals surface area contributed by atoms with Crippen molar-refractivity contribution in [2.75, 3.05) is 10.6 Å². The molecule has 3 aromatic rings. The van der Waals surface area contributed by atoms with Crippen molar-refractivity contribution in [1.82, 2.24) is 4.98 Å². The van der Waals surface area contributed by atoms with Crippen LogP contribution in [0.3, 0.4) is 0 Å². The smallest absolute Gasteiger partial charge is 0.255 e. The molecule has 1 heterocycles. The summed E-state index contributed by atoms with van der Waals surface area (Å²) in [7, 11) is 0. The Morgan fingerprint density at radius 1 is 1.30 bits per heavy atom. The van der Waals surface area contributed by atoms with Crippen LogP contribution in [0.15, 0.2) is 36.4 Å². The highest BCUT2D eigenvalue weighted by Gasteiger charge is 2.12. The summed E-state index contributed by atoms with van der Waals surface area (Å²) in [6, 6.07) is 10.6. The number of hydrogen-bond acceptors (Lipinski definition) is 4. The molecule has 0 aliphatic rings. The molecular weight excluding hydrogens is 334 g/mol. The van der Waals surface area contributed by atoms with E-state index in [2.05, 4.69) is 15.6 Å². The van der Waals surface area contributed by atoms with Crippen molar-refractivity contribution in [2.24, 2.45) is 0 Å². The third kappa shape index (κ3) is 3.18. The van der Waals surface area contributed by atoms with Gasteiger partial charge in [-0.05, 0) is 36.8 Å². The maximum absolute atomic E-state index is 12.4. The number of rotatable bonds is 4. The van der Waals surface area contributed by atoms with Crippen LogP contribution < -0.4 is 10.6 Å². The summed E-state index contributed by atoms with van der Waals surface area (Å²) in [5.74, 6) is -0.249. The molecular formula is C16H12ClN3O2S. The average molecular weight is 346 g/mol. The van der Waals surface area contributed by atoms with Crippen molar-refractivity contribution in [3.8, 4) is 0 Å². The molecule has 0 spiro atoms. The molecule has 0 aliphatic heterocycles. The van der Waals surface area contributed by atoms with E-state index in [4.69, 9.17) is 11.6 Å². The zero-order valence-corrected chi connectivity index (χ0v) is 13.7. The van der Waals surface area contributed by atoms with Gasteiger partial charge in [-0.1, -0.05) is 35.1 Å². The summed E-state index contributed by atoms with van der Waals surface area (Å²) in [5, 5.41) is 6.33. The second kappa shape index (κ2) is 6.36. The number of nitrogens with one attached hydrogen (secondary N) is 2. The number of anilines is 2. The average Bonchev–Trinajstić information content (AvgIpc) is 2.92. The molecule has 3 rings (SSSR count). The number of hydrogen-bond donors (Lipinski definition) is 2. The maximum Gasteiger partial charge on any atom is 0.255 e. The first-order chi connectivity index (χ1) is 11.1. The molecule has 0 aliphatic carbocycles. The summed E-state index contributed by atoms with van der Waals surface area (Å²) < 4.78 is 0.817. The monoisotopic (exact) mass is 345 g/mol. The molecule has 0 saturated heterocycles. The van der Waals surface area contributed by atoms with Gasteiger partial charge in [0.1, 0.15) is 0 Å². The number of para-hydroxylation sites is 1. The highest BCUT2D eigenvalue weighted by molar-refractivity contribution is 7.22. The summed E-state index contributed by atoms with van der Waals surface area (Å²) in [6.07, 6.45) is 0.575. The van der Waals surface area contributed by atoms with Crippen LogP contribution >= 0.6 is 22.9 Å². The molecule has 2 aromatic carbocycles. The number of nitrogens with zero attached hydrogens (tertiary/aromatic N) is 1. The van der Waals surface area contributed by atoms with E-state index in [1.165, 1.54) is 11.3 Å². The first-order valence-electron chi connectivity index (χ1n) is 6.75. The summed E-state index contributed by atoms with van der Waals surface area (Å²) in [6.45, 7) is 1.88. The SMILES string of the molecule is Cc1cccc(Cl)c1NC(=O)c1ccc2nc(NC=O)sc2c1. The normalized spacial score (nSPS) is 10.5. The molecule has 0 radical (unpaired) electrons. The van der Waals surface area contributed by atoms with E-state index in [1.807, 2.05) is 19.1 Å². The standard InChI is InChI=1S/C16H12ClN3O2S/c1-9-3-2-4-11(17)14(9)20-15(22)10-5-6-12-13(7-10)23-16(19-12)18-8-21/h2-8H,1H3,(H,20,22)(H,18,19,21). The predicted octanol–water partition coefficient (Wildman–Crippen LogP) is 4.08. The summed E-state index contributed by atoms with van der Waals surface area (Å²) >= 11 is 7.44. The third-order valence-electron chi connectivity index (χ3n) is 3.29. The third-order valence-corrected chi connectivity index (χ3v) is 4.56. The van der Waals surface area contributed by atoms with Crippen LogP contribution in [0, 0.1) is 6.92 Å². The molecule has 0 fully saturated rings. The van der Waals surface area contributed by atoms with Gasteiger partial charge in [-0.3, -0.25) is 9.59 Å². The number of carbonyl (C=O) groups excluding carboxylic acids is 2. The second-order valence-corrected chi connectivity index (χ2v) is 6.29. The van der Waals surface area contributed by atoms with Crippen LogP contribution in [0.5, 0.6) is 0 Å². The molecule has 23 heavy (non-hydrogen) atoms. The quantitative estimate of drug-likeness (QED) is 0.700. The van der Waals surface area contributed by atoms with Gasteiger partial charge in [0.05, 0.1) is 20.9 Å². The number of thiazole rings is 1. The van der Waals surface area contributed by atoms with E-state index in [9.17, 15) is 9.59 Å². The van der Waals surface area contributed by atoms with Crippen molar-refractivity contribution in [2.45, 2.75) is 6.92 Å². The maximum atomic E-state index is 12.4. The van der Waals surface area contributed by atoms with Crippen LogP contribution in [-0.4, -0.2) is 17.3 Å². The zero-order valence-electron chi connectivity index (χ0n) is 12.1. The Bertz CT molecular complexity index is 887. The number of aryl methyl sites for hydroxylation is 1. The number of halogens is 1. The molecule has 7 heteroatoms. The Morgan fingerprint density at radius 3 is 2.87 bits per heavy atom. The largest absolute Gasteiger partial charge is 0.320 e. The van der Waals surface area contributed by atoms with Gasteiger partial charge in [-0.2, -0.15) is 0 Å². The molecule has 2 N–H and O–H groups in total. The molecule has 2 amide bonds. The first kappa shape index (κ1) is 15.5. The van der Waals surface area contributed by atoms with Crippen molar-refractivity contribution >= 4 is 56.3 Å². The van der Waals surface area contributed by atoms with Gasteiger partial charge in [0, 0.05) is 5.56 Å². The molecule has 5 nitrogen and oxygen atoms in total. The molecule has 0 atom stereocenters. The molecule has 1 aromatic heterocycles. The van der Waals surface area contributed by atoms with Crippen molar-refractivity contribution in [3.63, 3.8) is 0 Å². The van der Waals surface area contributed by atoms with Crippen LogP contribution in [0.2, 0.25) is 5.02 Å². The van der Waals surface area contributed by atoms with Crippen LogP contribution in [0.4, 0.5) is 10.8 Å². The minimum absolute atomic E-state index is 0.249. The van der Waals surface area contributed by atoms with Crippen molar-refractivity contribution in [1.29, 1.82) is 0 Å². The van der Waals surface area contributed by atoms with Crippen molar-refractivity contribution < 1.29 is 9.59 Å². The van der Waals surface area contributed by atoms with E-state index >= 15 is 0 Å². The Morgan fingerprint density at radius 2 is 2.13 bits per heavy atom. The van der Waals surface area contributed by atoms with E-state index in [0.29, 0.717) is 27.8 Å². The molecule has 0 unspecified atom stereocenters. The Hall–Kier alpha value is -2.44. The van der Waals surface area contributed by atoms with Crippen LogP contribution in [0.25, 0.3) is 10.2 Å². The van der Waals surface area contributed by atoms with E-state index in [0.717, 1.165) is 15.8 Å². The van der Waals surface area contributed by atoms with Gasteiger partial charge in [-0.25, -0.2) is 4.98 Å². The number of aromatic nitrogens is 1. The van der Waals surface area contributed by atoms with E-state index in [1.54, 1.807) is 24.3 Å². The first-order valence-corrected chi connectivity index (χ1v) is 7.95. The minimum Gasteiger partial charge on any atom is -0.320 e. The number of carbonyl (C=O) groups is 2. The summed E-state index contributed by atoms with van der Waals surface area (Å²) in [4.78, 5) is 27.1. The Labute approximate surface area is 141 Å². The Balaban J connectivity index is 1.90. The van der Waals surface area contributed by atoms with Gasteiger partial charge in [-0.15, -0.1) is 0 Å². The number of fused-ring (bicyclic) bond motifs is 1. The minimum atomic E-state index is -0.249. The lowest BCUT2D eigenvalue weighted by Gasteiger charge is -2.10. The number of benzene rings is 2. The fourth-order valence-corrected chi connectivity index (χ4v) is 3.29. The lowest BCUT2D eigenvalue weighted by Crippen LogP contribution is -2.13. The van der Waals surface area contributed by atoms with Gasteiger partial charge in [0.15, 0.2) is 5.13 Å². The highest BCUT2D eigenvalue weighted by Crippen LogP contribution is 2.28. The Kier molecular flexibility index (Phi) is 4.27. The fraction of sp³-hybridized carbons (Fsp3) is 0.0625. The van der Waals surface area contributed by atoms with Crippen LogP contribution in [-0.2, 0) is 4.79 Å². The fourth-order valence-electron chi connectivity index (χ4n) is 2.15. The second-order valence-electron chi connectivity index (χ2n) is 4.85. The molecule has 0 bridgehead atoms. The topological polar surface area (TPSA) is 71.1 Å². The zero-order chi connectivity index (χ0) is 16.4. The van der Waals surface area contributed by atoms with Gasteiger partial charge < -0.3 is 10.6 Å². The van der Waals surface area contributed by atoms with Crippen LogP contribution in [0.1, 0.15) is 15.9 Å². The predicted molar refractivity (Wildman–Crippen MR) is 93.4 cm³/mol. The lowest BCUT2D eigenvalue weighted by molar-refractivity contribution is -0.105. The molecule has 116 valence electrons.